The van der Waals surface area contributed by atoms with E-state index in [9.17, 15) is 9.18 Å². The van der Waals surface area contributed by atoms with Crippen molar-refractivity contribution in [2.24, 2.45) is 0 Å². The normalized spacial score (nSPS) is 10.6. The molecule has 3 nitrogen and oxygen atoms in total. The summed E-state index contributed by atoms with van der Waals surface area (Å²) in [6, 6.07) is 16.0. The fraction of sp³-hybridized carbons (Fsp3) is 0.188. The van der Waals surface area contributed by atoms with Gasteiger partial charge in [0.25, 0.3) is 0 Å². The maximum atomic E-state index is 13.4. The molecule has 0 saturated carbocycles. The number of carbonyl (C=O) groups is 1. The fourth-order valence-electron chi connectivity index (χ4n) is 1.95. The number of nitrogens with one attached hydrogen (secondary N) is 1. The van der Waals surface area contributed by atoms with Crippen LogP contribution >= 0.6 is 0 Å². The number of amides is 1. The Kier molecular flexibility index (Phi) is 4.85. The number of para-hydroxylation sites is 1. The molecule has 0 aromatic heterocycles. The van der Waals surface area contributed by atoms with Gasteiger partial charge in [-0.25, -0.2) is 4.39 Å². The number of halogens is 1. The highest BCUT2D eigenvalue weighted by Crippen LogP contribution is 2.12. The van der Waals surface area contributed by atoms with Gasteiger partial charge in [-0.05, 0) is 24.7 Å². The zero-order valence-corrected chi connectivity index (χ0v) is 11.3. The fourth-order valence-corrected chi connectivity index (χ4v) is 1.95. The van der Waals surface area contributed by atoms with Crippen LogP contribution in [0.3, 0.4) is 0 Å². The van der Waals surface area contributed by atoms with Gasteiger partial charge in [-0.15, -0.1) is 0 Å². The lowest BCUT2D eigenvalue weighted by Crippen LogP contribution is -2.30. The van der Waals surface area contributed by atoms with Crippen LogP contribution in [0.1, 0.15) is 5.56 Å². The molecule has 0 saturated heterocycles. The molecule has 0 atom stereocenters. The Morgan fingerprint density at radius 3 is 2.45 bits per heavy atom. The molecule has 0 bridgehead atoms. The van der Waals surface area contributed by atoms with E-state index in [1.165, 1.54) is 6.07 Å². The highest BCUT2D eigenvalue weighted by atomic mass is 19.1. The van der Waals surface area contributed by atoms with Gasteiger partial charge >= 0.3 is 0 Å². The monoisotopic (exact) mass is 272 g/mol. The van der Waals surface area contributed by atoms with Gasteiger partial charge in [-0.2, -0.15) is 0 Å². The maximum absolute atomic E-state index is 13.4. The van der Waals surface area contributed by atoms with Crippen molar-refractivity contribution in [1.29, 1.82) is 0 Å². The topological polar surface area (TPSA) is 32.3 Å². The quantitative estimate of drug-likeness (QED) is 0.907. The average molecular weight is 272 g/mol. The van der Waals surface area contributed by atoms with E-state index in [4.69, 9.17) is 0 Å². The third-order valence-corrected chi connectivity index (χ3v) is 2.86. The molecule has 2 rings (SSSR count). The molecule has 0 spiro atoms. The SMILES string of the molecule is CN(CC(=O)Nc1ccccc1F)Cc1ccccc1. The average Bonchev–Trinajstić information content (AvgIpc) is 2.42. The molecule has 0 fully saturated rings. The molecular weight excluding hydrogens is 255 g/mol. The Morgan fingerprint density at radius 1 is 1.10 bits per heavy atom. The second-order valence-corrected chi connectivity index (χ2v) is 4.69. The summed E-state index contributed by atoms with van der Waals surface area (Å²) in [5.41, 5.74) is 1.35. The van der Waals surface area contributed by atoms with Gasteiger partial charge in [0.15, 0.2) is 0 Å². The van der Waals surface area contributed by atoms with Gasteiger partial charge in [0.05, 0.1) is 12.2 Å². The Bertz CT molecular complexity index is 572. The van der Waals surface area contributed by atoms with E-state index in [0.717, 1.165) is 5.56 Å². The first-order valence-electron chi connectivity index (χ1n) is 6.42. The highest BCUT2D eigenvalue weighted by molar-refractivity contribution is 5.92. The summed E-state index contributed by atoms with van der Waals surface area (Å²) in [6.07, 6.45) is 0. The first kappa shape index (κ1) is 14.2. The van der Waals surface area contributed by atoms with Gasteiger partial charge in [0.1, 0.15) is 5.82 Å². The summed E-state index contributed by atoms with van der Waals surface area (Å²) in [7, 11) is 1.86. The number of carbonyl (C=O) groups excluding carboxylic acids is 1. The molecule has 0 heterocycles. The molecule has 0 aliphatic rings. The van der Waals surface area contributed by atoms with Crippen LogP contribution in [0.25, 0.3) is 0 Å². The predicted molar refractivity (Wildman–Crippen MR) is 77.8 cm³/mol. The van der Waals surface area contributed by atoms with Gasteiger partial charge in [-0.1, -0.05) is 42.5 Å². The van der Waals surface area contributed by atoms with Gasteiger partial charge in [-0.3, -0.25) is 9.69 Å². The lowest BCUT2D eigenvalue weighted by molar-refractivity contribution is -0.117. The summed E-state index contributed by atoms with van der Waals surface area (Å²) in [5.74, 6) is -0.653. The summed E-state index contributed by atoms with van der Waals surface area (Å²) >= 11 is 0. The van der Waals surface area contributed by atoms with Crippen molar-refractivity contribution in [2.75, 3.05) is 18.9 Å². The first-order valence-corrected chi connectivity index (χ1v) is 6.42. The number of likely N-dealkylation sites (N-methyl/N-ethyl adjacent to an activating group) is 1. The van der Waals surface area contributed by atoms with Crippen molar-refractivity contribution in [3.05, 3.63) is 66.0 Å². The lowest BCUT2D eigenvalue weighted by Gasteiger charge is -2.16. The first-order chi connectivity index (χ1) is 9.65. The van der Waals surface area contributed by atoms with Crippen LogP contribution in [-0.2, 0) is 11.3 Å². The molecule has 0 aliphatic heterocycles. The van der Waals surface area contributed by atoms with Gasteiger partial charge in [0, 0.05) is 6.54 Å². The van der Waals surface area contributed by atoms with Crippen molar-refractivity contribution in [3.8, 4) is 0 Å². The summed E-state index contributed by atoms with van der Waals surface area (Å²) in [6.45, 7) is 0.884. The van der Waals surface area contributed by atoms with Crippen LogP contribution in [0, 0.1) is 5.82 Å². The molecule has 20 heavy (non-hydrogen) atoms. The highest BCUT2D eigenvalue weighted by Gasteiger charge is 2.09. The van der Waals surface area contributed by atoms with Crippen LogP contribution in [0.5, 0.6) is 0 Å². The number of rotatable bonds is 5. The molecule has 0 unspecified atom stereocenters. The summed E-state index contributed by atoms with van der Waals surface area (Å²) in [5, 5.41) is 2.57. The van der Waals surface area contributed by atoms with Crippen molar-refractivity contribution >= 4 is 11.6 Å². The van der Waals surface area contributed by atoms with E-state index in [1.54, 1.807) is 18.2 Å². The molecule has 1 N–H and O–H groups in total. The zero-order valence-electron chi connectivity index (χ0n) is 11.3. The molecule has 2 aromatic carbocycles. The summed E-state index contributed by atoms with van der Waals surface area (Å²) in [4.78, 5) is 13.7. The Hall–Kier alpha value is -2.20. The molecule has 2 aromatic rings. The Morgan fingerprint density at radius 2 is 1.75 bits per heavy atom. The lowest BCUT2D eigenvalue weighted by atomic mass is 10.2. The predicted octanol–water partition coefficient (Wildman–Crippen LogP) is 2.90. The van der Waals surface area contributed by atoms with Crippen molar-refractivity contribution in [2.45, 2.75) is 6.54 Å². The second kappa shape index (κ2) is 6.82. The molecule has 0 aliphatic carbocycles. The Labute approximate surface area is 118 Å². The Balaban J connectivity index is 1.87. The third-order valence-electron chi connectivity index (χ3n) is 2.86. The minimum Gasteiger partial charge on any atom is -0.322 e. The van der Waals surface area contributed by atoms with E-state index in [1.807, 2.05) is 42.3 Å². The van der Waals surface area contributed by atoms with Crippen molar-refractivity contribution in [1.82, 2.24) is 4.90 Å². The number of benzene rings is 2. The van der Waals surface area contributed by atoms with E-state index < -0.39 is 5.82 Å². The molecular formula is C16H17FN2O. The standard InChI is InChI=1S/C16H17FN2O/c1-19(11-13-7-3-2-4-8-13)12-16(20)18-15-10-6-5-9-14(15)17/h2-10H,11-12H2,1H3,(H,18,20). The summed E-state index contributed by atoms with van der Waals surface area (Å²) < 4.78 is 13.4. The van der Waals surface area contributed by atoms with Crippen molar-refractivity contribution < 1.29 is 9.18 Å². The van der Waals surface area contributed by atoms with Crippen LogP contribution in [0.2, 0.25) is 0 Å². The van der Waals surface area contributed by atoms with Gasteiger partial charge in [0.2, 0.25) is 5.91 Å². The third kappa shape index (κ3) is 4.17. The molecule has 1 amide bonds. The van der Waals surface area contributed by atoms with Crippen LogP contribution in [0.15, 0.2) is 54.6 Å². The second-order valence-electron chi connectivity index (χ2n) is 4.69. The van der Waals surface area contributed by atoms with Crippen molar-refractivity contribution in [3.63, 3.8) is 0 Å². The van der Waals surface area contributed by atoms with Crippen LogP contribution in [0.4, 0.5) is 10.1 Å². The number of nitrogens with zero attached hydrogens (tertiary/aromatic N) is 1. The number of hydrogen-bond acceptors (Lipinski definition) is 2. The van der Waals surface area contributed by atoms with E-state index in [0.29, 0.717) is 6.54 Å². The maximum Gasteiger partial charge on any atom is 0.238 e. The zero-order chi connectivity index (χ0) is 14.4. The smallest absolute Gasteiger partial charge is 0.238 e. The number of hydrogen-bond donors (Lipinski definition) is 1. The largest absolute Gasteiger partial charge is 0.322 e. The molecule has 4 heteroatoms. The van der Waals surface area contributed by atoms with Crippen LogP contribution in [-0.4, -0.2) is 24.4 Å². The molecule has 104 valence electrons. The minimum atomic E-state index is -0.424. The molecule has 0 radical (unpaired) electrons. The van der Waals surface area contributed by atoms with E-state index in [-0.39, 0.29) is 18.1 Å². The van der Waals surface area contributed by atoms with E-state index in [2.05, 4.69) is 5.32 Å². The van der Waals surface area contributed by atoms with Gasteiger partial charge < -0.3 is 5.32 Å². The van der Waals surface area contributed by atoms with E-state index >= 15 is 0 Å². The number of anilines is 1. The minimum absolute atomic E-state index is 0.212. The van der Waals surface area contributed by atoms with Crippen LogP contribution < -0.4 is 5.32 Å².